The van der Waals surface area contributed by atoms with Gasteiger partial charge in [0.05, 0.1) is 6.61 Å². The summed E-state index contributed by atoms with van der Waals surface area (Å²) >= 11 is 0. The predicted octanol–water partition coefficient (Wildman–Crippen LogP) is 6.58. The number of rotatable bonds is 5. The Morgan fingerprint density at radius 1 is 0.800 bits per heavy atom. The van der Waals surface area contributed by atoms with Gasteiger partial charge in [0.2, 0.25) is 0 Å². The minimum Gasteiger partial charge on any atom is -0.494 e. The molecule has 0 N–H and O–H groups in total. The summed E-state index contributed by atoms with van der Waals surface area (Å²) in [6.45, 7) is 2.64. The first kappa shape index (κ1) is 21.3. The first-order valence-electron chi connectivity index (χ1n) is 9.24. The maximum atomic E-state index is 14.6. The first-order chi connectivity index (χ1) is 14.3. The molecule has 0 spiro atoms. The van der Waals surface area contributed by atoms with Gasteiger partial charge in [-0.2, -0.15) is 0 Å². The molecular weight excluding hydrogens is 396 g/mol. The van der Waals surface area contributed by atoms with Gasteiger partial charge in [-0.1, -0.05) is 37.0 Å². The third-order valence-corrected chi connectivity index (χ3v) is 4.05. The van der Waals surface area contributed by atoms with Crippen LogP contribution >= 0.6 is 0 Å². The lowest BCUT2D eigenvalue weighted by Gasteiger charge is -2.08. The lowest BCUT2D eigenvalue weighted by atomic mass is 10.0. The number of hydrogen-bond acceptors (Lipinski definition) is 2. The van der Waals surface area contributed by atoms with Gasteiger partial charge in [-0.3, -0.25) is 0 Å². The largest absolute Gasteiger partial charge is 0.573 e. The third kappa shape index (κ3) is 6.02. The van der Waals surface area contributed by atoms with E-state index in [1.807, 2.05) is 6.92 Å². The lowest BCUT2D eigenvalue weighted by Crippen LogP contribution is -2.16. The molecule has 0 unspecified atom stereocenters. The number of alkyl halides is 3. The Morgan fingerprint density at radius 3 is 2.00 bits per heavy atom. The van der Waals surface area contributed by atoms with Gasteiger partial charge < -0.3 is 9.47 Å². The van der Waals surface area contributed by atoms with E-state index in [9.17, 15) is 17.6 Å². The van der Waals surface area contributed by atoms with Crippen molar-refractivity contribution in [1.29, 1.82) is 0 Å². The molecule has 2 nitrogen and oxygen atoms in total. The first-order valence-corrected chi connectivity index (χ1v) is 9.24. The summed E-state index contributed by atoms with van der Waals surface area (Å²) in [4.78, 5) is 0. The van der Waals surface area contributed by atoms with E-state index in [1.165, 1.54) is 30.3 Å². The Kier molecular flexibility index (Phi) is 6.63. The van der Waals surface area contributed by atoms with Crippen LogP contribution in [0.15, 0.2) is 66.7 Å². The van der Waals surface area contributed by atoms with Crippen LogP contribution < -0.4 is 9.47 Å². The van der Waals surface area contributed by atoms with Crippen LogP contribution in [-0.4, -0.2) is 13.0 Å². The molecule has 0 radical (unpaired) electrons. The Bertz CT molecular complexity index is 1040. The van der Waals surface area contributed by atoms with E-state index in [0.717, 1.165) is 17.7 Å². The second-order valence-electron chi connectivity index (χ2n) is 6.39. The van der Waals surface area contributed by atoms with Gasteiger partial charge in [0.25, 0.3) is 0 Å². The zero-order valence-electron chi connectivity index (χ0n) is 16.1. The van der Waals surface area contributed by atoms with Gasteiger partial charge in [-0.15, -0.1) is 13.2 Å². The molecule has 0 fully saturated rings. The summed E-state index contributed by atoms with van der Waals surface area (Å²) in [5.41, 5.74) is 2.10. The van der Waals surface area contributed by atoms with E-state index in [1.54, 1.807) is 36.4 Å². The summed E-state index contributed by atoms with van der Waals surface area (Å²) in [7, 11) is 0. The van der Waals surface area contributed by atoms with E-state index in [2.05, 4.69) is 16.6 Å². The van der Waals surface area contributed by atoms with Gasteiger partial charge in [-0.25, -0.2) is 4.39 Å². The van der Waals surface area contributed by atoms with Crippen LogP contribution in [0, 0.1) is 17.7 Å². The highest BCUT2D eigenvalue weighted by atomic mass is 19.4. The van der Waals surface area contributed by atoms with Crippen LogP contribution in [0.5, 0.6) is 11.5 Å². The molecule has 0 aliphatic rings. The molecule has 0 aromatic heterocycles. The zero-order chi connectivity index (χ0) is 21.6. The van der Waals surface area contributed by atoms with Crippen LogP contribution in [0.1, 0.15) is 24.5 Å². The van der Waals surface area contributed by atoms with E-state index >= 15 is 0 Å². The fraction of sp³-hybridized carbons (Fsp3) is 0.167. The number of benzene rings is 3. The van der Waals surface area contributed by atoms with Crippen LogP contribution in [0.25, 0.3) is 11.1 Å². The molecular formula is C24H18F4O2. The van der Waals surface area contributed by atoms with Crippen molar-refractivity contribution >= 4 is 0 Å². The van der Waals surface area contributed by atoms with Crippen molar-refractivity contribution in [1.82, 2.24) is 0 Å². The molecule has 3 rings (SSSR count). The average Bonchev–Trinajstić information content (AvgIpc) is 2.71. The molecule has 0 bridgehead atoms. The summed E-state index contributed by atoms with van der Waals surface area (Å²) in [6, 6.07) is 17.0. The molecule has 30 heavy (non-hydrogen) atoms. The molecule has 6 heteroatoms. The van der Waals surface area contributed by atoms with Crippen LogP contribution in [0.3, 0.4) is 0 Å². The quantitative estimate of drug-likeness (QED) is 0.347. The molecule has 0 heterocycles. The predicted molar refractivity (Wildman–Crippen MR) is 107 cm³/mol. The van der Waals surface area contributed by atoms with Crippen LogP contribution in [-0.2, 0) is 0 Å². The maximum absolute atomic E-state index is 14.6. The van der Waals surface area contributed by atoms with Crippen molar-refractivity contribution in [2.75, 3.05) is 6.61 Å². The monoisotopic (exact) mass is 414 g/mol. The Morgan fingerprint density at radius 2 is 1.40 bits per heavy atom. The lowest BCUT2D eigenvalue weighted by molar-refractivity contribution is -0.274. The number of halogens is 4. The Hall–Kier alpha value is -3.46. The van der Waals surface area contributed by atoms with E-state index in [0.29, 0.717) is 23.3 Å². The Balaban J connectivity index is 1.72. The maximum Gasteiger partial charge on any atom is 0.573 e. The van der Waals surface area contributed by atoms with Crippen molar-refractivity contribution in [3.63, 3.8) is 0 Å². The SMILES string of the molecule is CCCOc1ccc(-c2ccc(C#Cc3ccc(OC(F)(F)F)cc3)cc2F)cc1. The second kappa shape index (κ2) is 9.36. The molecule has 0 aliphatic carbocycles. The van der Waals surface area contributed by atoms with Gasteiger partial charge in [0.1, 0.15) is 17.3 Å². The fourth-order valence-corrected chi connectivity index (χ4v) is 2.66. The summed E-state index contributed by atoms with van der Waals surface area (Å²) in [5, 5.41) is 0. The van der Waals surface area contributed by atoms with Gasteiger partial charge >= 0.3 is 6.36 Å². The molecule has 0 saturated heterocycles. The second-order valence-corrected chi connectivity index (χ2v) is 6.39. The summed E-state index contributed by atoms with van der Waals surface area (Å²) in [6.07, 6.45) is -3.83. The van der Waals surface area contributed by atoms with Crippen molar-refractivity contribution in [3.05, 3.63) is 83.7 Å². The average molecular weight is 414 g/mol. The third-order valence-electron chi connectivity index (χ3n) is 4.05. The van der Waals surface area contributed by atoms with Crippen LogP contribution in [0.4, 0.5) is 17.6 Å². The minimum atomic E-state index is -4.74. The van der Waals surface area contributed by atoms with Crippen molar-refractivity contribution in [2.45, 2.75) is 19.7 Å². The highest BCUT2D eigenvalue weighted by Gasteiger charge is 2.30. The van der Waals surface area contributed by atoms with E-state index in [-0.39, 0.29) is 5.75 Å². The van der Waals surface area contributed by atoms with Gasteiger partial charge in [0, 0.05) is 16.7 Å². The highest BCUT2D eigenvalue weighted by molar-refractivity contribution is 5.66. The topological polar surface area (TPSA) is 18.5 Å². The van der Waals surface area contributed by atoms with Crippen molar-refractivity contribution in [2.24, 2.45) is 0 Å². The van der Waals surface area contributed by atoms with Crippen molar-refractivity contribution in [3.8, 4) is 34.5 Å². The molecule has 0 amide bonds. The number of ether oxygens (including phenoxy) is 2. The fourth-order valence-electron chi connectivity index (χ4n) is 2.66. The molecule has 3 aromatic rings. The van der Waals surface area contributed by atoms with Crippen LogP contribution in [0.2, 0.25) is 0 Å². The standard InChI is InChI=1S/C24H18F4O2/c1-2-15-29-20-12-8-19(9-13-20)22-14-7-18(16-23(22)25)4-3-17-5-10-21(11-6-17)30-24(26,27)28/h5-14,16H,2,15H2,1H3. The number of hydrogen-bond donors (Lipinski definition) is 0. The smallest absolute Gasteiger partial charge is 0.494 e. The summed E-state index contributed by atoms with van der Waals surface area (Å²) < 4.78 is 60.4. The highest BCUT2D eigenvalue weighted by Crippen LogP contribution is 2.26. The zero-order valence-corrected chi connectivity index (χ0v) is 16.1. The molecule has 0 saturated carbocycles. The van der Waals surface area contributed by atoms with Gasteiger partial charge in [-0.05, 0) is 60.5 Å². The van der Waals surface area contributed by atoms with Crippen molar-refractivity contribution < 1.29 is 27.0 Å². The normalized spacial score (nSPS) is 10.8. The van der Waals surface area contributed by atoms with E-state index in [4.69, 9.17) is 4.74 Å². The Labute approximate surface area is 172 Å². The van der Waals surface area contributed by atoms with E-state index < -0.39 is 12.2 Å². The molecule has 0 atom stereocenters. The minimum absolute atomic E-state index is 0.324. The van der Waals surface area contributed by atoms with Gasteiger partial charge in [0.15, 0.2) is 0 Å². The molecule has 154 valence electrons. The molecule has 3 aromatic carbocycles. The molecule has 0 aliphatic heterocycles. The summed E-state index contributed by atoms with van der Waals surface area (Å²) in [5.74, 6) is 5.59.